The van der Waals surface area contributed by atoms with Crippen molar-refractivity contribution in [3.63, 3.8) is 0 Å². The maximum atomic E-state index is 11.8. The van der Waals surface area contributed by atoms with Crippen molar-refractivity contribution in [2.24, 2.45) is 0 Å². The zero-order valence-electron chi connectivity index (χ0n) is 9.98. The molecule has 0 fully saturated rings. The highest BCUT2D eigenvalue weighted by Crippen LogP contribution is 2.09. The fraction of sp³-hybridized carbons (Fsp3) is 0.455. The third-order valence-corrected chi connectivity index (χ3v) is 4.37. The van der Waals surface area contributed by atoms with Crippen LogP contribution in [0.3, 0.4) is 0 Å². The third-order valence-electron chi connectivity index (χ3n) is 2.42. The van der Waals surface area contributed by atoms with E-state index in [2.05, 4.69) is 4.72 Å². The minimum Gasteiger partial charge on any atom is -0.198 e. The van der Waals surface area contributed by atoms with Crippen LogP contribution in [0.25, 0.3) is 0 Å². The monoisotopic (exact) mass is 276 g/mol. The molecule has 1 aromatic carbocycles. The largest absolute Gasteiger partial charge is 0.279 e. The maximum Gasteiger partial charge on any atom is 0.279 e. The molecule has 1 rings (SSSR count). The number of nitrogens with zero attached hydrogens (tertiary/aromatic N) is 1. The van der Waals surface area contributed by atoms with E-state index >= 15 is 0 Å². The van der Waals surface area contributed by atoms with Gasteiger partial charge in [-0.1, -0.05) is 37.6 Å². The minimum atomic E-state index is -3.38. The van der Waals surface area contributed by atoms with Crippen LogP contribution < -0.4 is 4.72 Å². The summed E-state index contributed by atoms with van der Waals surface area (Å²) < 4.78 is 27.6. The summed E-state index contributed by atoms with van der Waals surface area (Å²) in [5.41, 5.74) is 0.880. The summed E-state index contributed by atoms with van der Waals surface area (Å²) in [5, 5.41) is 0.639. The lowest BCUT2D eigenvalue weighted by Gasteiger charge is -2.18. The molecule has 0 saturated heterocycles. The van der Waals surface area contributed by atoms with Crippen LogP contribution in [-0.4, -0.2) is 25.8 Å². The van der Waals surface area contributed by atoms with Gasteiger partial charge in [-0.3, -0.25) is 0 Å². The van der Waals surface area contributed by atoms with Gasteiger partial charge in [0.2, 0.25) is 0 Å². The second kappa shape index (κ2) is 6.35. The summed E-state index contributed by atoms with van der Waals surface area (Å²) >= 11 is 5.75. The summed E-state index contributed by atoms with van der Waals surface area (Å²) in [4.78, 5) is 0. The summed E-state index contributed by atoms with van der Waals surface area (Å²) in [5.74, 6) is 0. The van der Waals surface area contributed by atoms with Crippen molar-refractivity contribution in [3.8, 4) is 0 Å². The van der Waals surface area contributed by atoms with Gasteiger partial charge in [0.05, 0.1) is 0 Å². The second-order valence-corrected chi connectivity index (χ2v) is 5.73. The van der Waals surface area contributed by atoms with E-state index in [1.165, 1.54) is 4.31 Å². The van der Waals surface area contributed by atoms with Gasteiger partial charge in [0.15, 0.2) is 0 Å². The van der Waals surface area contributed by atoms with Gasteiger partial charge < -0.3 is 0 Å². The Labute approximate surface area is 108 Å². The van der Waals surface area contributed by atoms with E-state index in [4.69, 9.17) is 11.6 Å². The average molecular weight is 277 g/mol. The molecule has 0 bridgehead atoms. The number of benzene rings is 1. The van der Waals surface area contributed by atoms with E-state index in [-0.39, 0.29) is 6.54 Å². The van der Waals surface area contributed by atoms with Crippen LogP contribution in [0.1, 0.15) is 19.4 Å². The first kappa shape index (κ1) is 14.4. The Morgan fingerprint density at radius 2 is 1.71 bits per heavy atom. The first-order valence-corrected chi connectivity index (χ1v) is 7.30. The van der Waals surface area contributed by atoms with Gasteiger partial charge >= 0.3 is 0 Å². The quantitative estimate of drug-likeness (QED) is 0.864. The van der Waals surface area contributed by atoms with Crippen LogP contribution in [0.15, 0.2) is 24.3 Å². The molecule has 1 aromatic rings. The van der Waals surface area contributed by atoms with Gasteiger partial charge in [-0.2, -0.15) is 17.4 Å². The van der Waals surface area contributed by atoms with Crippen molar-refractivity contribution in [3.05, 3.63) is 34.9 Å². The molecule has 0 aliphatic heterocycles. The molecule has 0 saturated carbocycles. The highest BCUT2D eigenvalue weighted by Gasteiger charge is 2.17. The lowest BCUT2D eigenvalue weighted by Crippen LogP contribution is -2.40. The van der Waals surface area contributed by atoms with Crippen LogP contribution in [0, 0.1) is 0 Å². The average Bonchev–Trinajstić information content (AvgIpc) is 2.29. The molecule has 1 N–H and O–H groups in total. The number of hydrogen-bond acceptors (Lipinski definition) is 2. The van der Waals surface area contributed by atoms with Crippen LogP contribution in [0.5, 0.6) is 0 Å². The summed E-state index contributed by atoms with van der Waals surface area (Å²) in [6.45, 7) is 4.82. The summed E-state index contributed by atoms with van der Waals surface area (Å²) in [6, 6.07) is 7.07. The highest BCUT2D eigenvalue weighted by molar-refractivity contribution is 7.87. The smallest absolute Gasteiger partial charge is 0.198 e. The normalized spacial score (nSPS) is 12.0. The minimum absolute atomic E-state index is 0.274. The van der Waals surface area contributed by atoms with Gasteiger partial charge in [-0.05, 0) is 17.7 Å². The Bertz CT molecular complexity index is 441. The molecule has 0 aromatic heterocycles. The molecule has 4 nitrogen and oxygen atoms in total. The second-order valence-electron chi connectivity index (χ2n) is 3.54. The lowest BCUT2D eigenvalue weighted by molar-refractivity contribution is 0.434. The van der Waals surface area contributed by atoms with Crippen LogP contribution in [0.2, 0.25) is 5.02 Å². The van der Waals surface area contributed by atoms with Crippen molar-refractivity contribution in [1.29, 1.82) is 0 Å². The van der Waals surface area contributed by atoms with E-state index in [1.807, 2.05) is 13.8 Å². The number of nitrogens with one attached hydrogen (secondary N) is 1. The molecule has 17 heavy (non-hydrogen) atoms. The summed E-state index contributed by atoms with van der Waals surface area (Å²) in [7, 11) is -3.38. The molecular formula is C11H17ClN2O2S. The van der Waals surface area contributed by atoms with Gasteiger partial charge in [0.1, 0.15) is 0 Å². The predicted octanol–water partition coefficient (Wildman–Crippen LogP) is 2.02. The fourth-order valence-corrected chi connectivity index (χ4v) is 2.77. The SMILES string of the molecule is CCN(CC)S(=O)(=O)NCc1ccc(Cl)cc1. The third kappa shape index (κ3) is 4.27. The number of rotatable bonds is 6. The van der Waals surface area contributed by atoms with E-state index in [9.17, 15) is 8.42 Å². The molecule has 0 radical (unpaired) electrons. The van der Waals surface area contributed by atoms with Crippen LogP contribution in [0.4, 0.5) is 0 Å². The zero-order chi connectivity index (χ0) is 12.9. The molecular weight excluding hydrogens is 260 g/mol. The van der Waals surface area contributed by atoms with Gasteiger partial charge in [-0.25, -0.2) is 0 Å². The Morgan fingerprint density at radius 1 is 1.18 bits per heavy atom. The highest BCUT2D eigenvalue weighted by atomic mass is 35.5. The molecule has 0 spiro atoms. The van der Waals surface area contributed by atoms with Gasteiger partial charge in [-0.15, -0.1) is 0 Å². The molecule has 96 valence electrons. The number of halogens is 1. The Balaban J connectivity index is 2.64. The van der Waals surface area contributed by atoms with E-state index in [1.54, 1.807) is 24.3 Å². The Kier molecular flexibility index (Phi) is 5.39. The maximum absolute atomic E-state index is 11.8. The van der Waals surface area contributed by atoms with Crippen molar-refractivity contribution in [1.82, 2.24) is 9.03 Å². The van der Waals surface area contributed by atoms with Crippen LogP contribution >= 0.6 is 11.6 Å². The molecule has 0 unspecified atom stereocenters. The van der Waals surface area contributed by atoms with Crippen molar-refractivity contribution >= 4 is 21.8 Å². The van der Waals surface area contributed by atoms with E-state index < -0.39 is 10.2 Å². The predicted molar refractivity (Wildman–Crippen MR) is 70.1 cm³/mol. The Morgan fingerprint density at radius 3 is 2.18 bits per heavy atom. The van der Waals surface area contributed by atoms with Crippen molar-refractivity contribution in [2.75, 3.05) is 13.1 Å². The molecule has 0 aliphatic carbocycles. The van der Waals surface area contributed by atoms with Gasteiger partial charge in [0.25, 0.3) is 10.2 Å². The summed E-state index contributed by atoms with van der Waals surface area (Å²) in [6.07, 6.45) is 0. The standard InChI is InChI=1S/C11H17ClN2O2S/c1-3-14(4-2)17(15,16)13-9-10-5-7-11(12)8-6-10/h5-8,13H,3-4,9H2,1-2H3. The lowest BCUT2D eigenvalue weighted by atomic mass is 10.2. The fourth-order valence-electron chi connectivity index (χ4n) is 1.43. The molecule has 0 heterocycles. The van der Waals surface area contributed by atoms with Crippen molar-refractivity contribution in [2.45, 2.75) is 20.4 Å². The first-order valence-electron chi connectivity index (χ1n) is 5.48. The molecule has 0 amide bonds. The first-order chi connectivity index (χ1) is 7.99. The number of hydrogen-bond donors (Lipinski definition) is 1. The Hall–Kier alpha value is -0.620. The molecule has 0 aliphatic rings. The van der Waals surface area contributed by atoms with E-state index in [0.29, 0.717) is 18.1 Å². The zero-order valence-corrected chi connectivity index (χ0v) is 11.6. The van der Waals surface area contributed by atoms with Crippen molar-refractivity contribution < 1.29 is 8.42 Å². The molecule has 0 atom stereocenters. The molecule has 6 heteroatoms. The van der Waals surface area contributed by atoms with Gasteiger partial charge in [0, 0.05) is 24.7 Å². The van der Waals surface area contributed by atoms with E-state index in [0.717, 1.165) is 5.56 Å². The van der Waals surface area contributed by atoms with Crippen LogP contribution in [-0.2, 0) is 16.8 Å². The topological polar surface area (TPSA) is 49.4 Å².